The molecule has 7 heteroatoms. The van der Waals surface area contributed by atoms with Gasteiger partial charge in [0.1, 0.15) is 5.82 Å². The first-order valence-corrected chi connectivity index (χ1v) is 11.4. The fourth-order valence-corrected chi connectivity index (χ4v) is 4.02. The molecule has 158 valence electrons. The molecule has 0 aliphatic rings. The van der Waals surface area contributed by atoms with Crippen molar-refractivity contribution in [2.24, 2.45) is 0 Å². The van der Waals surface area contributed by atoms with Crippen LogP contribution in [0.1, 0.15) is 28.9 Å². The van der Waals surface area contributed by atoms with Gasteiger partial charge in [-0.3, -0.25) is 4.79 Å². The molecule has 0 aliphatic carbocycles. The van der Waals surface area contributed by atoms with Crippen LogP contribution < -0.4 is 5.32 Å². The van der Waals surface area contributed by atoms with Crippen molar-refractivity contribution in [3.63, 3.8) is 0 Å². The molecule has 1 amide bonds. The number of thioether (sulfide) groups is 1. The van der Waals surface area contributed by atoms with Crippen LogP contribution in [0.3, 0.4) is 0 Å². The summed E-state index contributed by atoms with van der Waals surface area (Å²) in [4.78, 5) is 29.3. The number of aryl methyl sites for hydroxylation is 2. The topological polar surface area (TPSA) is 83.6 Å². The zero-order valence-corrected chi connectivity index (χ0v) is 18.7. The van der Waals surface area contributed by atoms with Gasteiger partial charge in [-0.15, -0.1) is 0 Å². The van der Waals surface area contributed by atoms with Crippen molar-refractivity contribution in [3.05, 3.63) is 71.0 Å². The predicted molar refractivity (Wildman–Crippen MR) is 125 cm³/mol. The van der Waals surface area contributed by atoms with Gasteiger partial charge in [0.25, 0.3) is 0 Å². The summed E-state index contributed by atoms with van der Waals surface area (Å²) in [5.41, 5.74) is 7.00. The van der Waals surface area contributed by atoms with E-state index in [0.29, 0.717) is 19.4 Å². The highest BCUT2D eigenvalue weighted by atomic mass is 32.2. The molecule has 0 radical (unpaired) electrons. The number of carbonyl (C=O) groups excluding carboxylic acids is 1. The molecule has 0 bridgehead atoms. The molecule has 0 saturated carbocycles. The van der Waals surface area contributed by atoms with Gasteiger partial charge in [-0.1, -0.05) is 48.2 Å². The van der Waals surface area contributed by atoms with Crippen LogP contribution >= 0.6 is 11.8 Å². The number of benzene rings is 2. The number of aromatic nitrogens is 4. The fourth-order valence-electron chi connectivity index (χ4n) is 3.56. The van der Waals surface area contributed by atoms with Crippen LogP contribution in [0.25, 0.3) is 22.4 Å². The van der Waals surface area contributed by atoms with Crippen molar-refractivity contribution in [2.45, 2.75) is 38.4 Å². The summed E-state index contributed by atoms with van der Waals surface area (Å²) in [6, 6.07) is 16.1. The lowest BCUT2D eigenvalue weighted by atomic mass is 10.1. The lowest BCUT2D eigenvalue weighted by Crippen LogP contribution is -2.23. The van der Waals surface area contributed by atoms with Crippen molar-refractivity contribution in [1.29, 1.82) is 0 Å². The number of nitrogens with one attached hydrogen (secondary N) is 2. The maximum atomic E-state index is 12.4. The monoisotopic (exact) mass is 431 g/mol. The number of hydrogen-bond donors (Lipinski definition) is 2. The van der Waals surface area contributed by atoms with Crippen molar-refractivity contribution in [1.82, 2.24) is 25.3 Å². The number of rotatable bonds is 7. The average Bonchev–Trinajstić information content (AvgIpc) is 3.21. The number of imidazole rings is 1. The lowest BCUT2D eigenvalue weighted by Gasteiger charge is -2.10. The summed E-state index contributed by atoms with van der Waals surface area (Å²) in [6.07, 6.45) is 3.02. The van der Waals surface area contributed by atoms with Crippen molar-refractivity contribution in [2.75, 3.05) is 6.26 Å². The van der Waals surface area contributed by atoms with Crippen molar-refractivity contribution >= 4 is 28.7 Å². The van der Waals surface area contributed by atoms with Crippen LogP contribution in [-0.2, 0) is 17.8 Å². The predicted octanol–water partition coefficient (Wildman–Crippen LogP) is 4.61. The summed E-state index contributed by atoms with van der Waals surface area (Å²) < 4.78 is 0. The number of carbonyl (C=O) groups is 1. The molecule has 0 unspecified atom stereocenters. The highest BCUT2D eigenvalue weighted by Crippen LogP contribution is 2.21. The van der Waals surface area contributed by atoms with E-state index in [9.17, 15) is 4.79 Å². The first-order valence-electron chi connectivity index (χ1n) is 10.2. The molecule has 6 nitrogen and oxygen atoms in total. The Balaban J connectivity index is 1.32. The third-order valence-electron chi connectivity index (χ3n) is 5.29. The Kier molecular flexibility index (Phi) is 6.32. The minimum atomic E-state index is 0.0223. The van der Waals surface area contributed by atoms with E-state index in [1.807, 2.05) is 68.6 Å². The fraction of sp³-hybridized carbons (Fsp3) is 0.250. The maximum absolute atomic E-state index is 12.4. The first kappa shape index (κ1) is 21.1. The summed E-state index contributed by atoms with van der Waals surface area (Å²) >= 11 is 1.53. The minimum Gasteiger partial charge on any atom is -0.352 e. The smallest absolute Gasteiger partial charge is 0.220 e. The molecule has 2 aromatic heterocycles. The second-order valence-electron chi connectivity index (χ2n) is 7.44. The van der Waals surface area contributed by atoms with E-state index in [0.717, 1.165) is 50.1 Å². The van der Waals surface area contributed by atoms with E-state index in [-0.39, 0.29) is 5.91 Å². The molecule has 2 aromatic carbocycles. The molecule has 2 N–H and O–H groups in total. The van der Waals surface area contributed by atoms with Gasteiger partial charge >= 0.3 is 0 Å². The van der Waals surface area contributed by atoms with Crippen LogP contribution in [0.2, 0.25) is 0 Å². The molecule has 0 aliphatic heterocycles. The van der Waals surface area contributed by atoms with E-state index in [1.54, 1.807) is 0 Å². The number of fused-ring (bicyclic) bond motifs is 1. The molecule has 4 aromatic rings. The average molecular weight is 432 g/mol. The number of H-pyrrole nitrogens is 1. The van der Waals surface area contributed by atoms with Gasteiger partial charge in [0, 0.05) is 29.9 Å². The Morgan fingerprint density at radius 2 is 1.71 bits per heavy atom. The van der Waals surface area contributed by atoms with Crippen LogP contribution in [0.15, 0.2) is 53.7 Å². The van der Waals surface area contributed by atoms with E-state index in [2.05, 4.69) is 25.3 Å². The Morgan fingerprint density at radius 3 is 2.39 bits per heavy atom. The van der Waals surface area contributed by atoms with Crippen LogP contribution in [-0.4, -0.2) is 32.1 Å². The molecule has 4 rings (SSSR count). The van der Waals surface area contributed by atoms with Crippen molar-refractivity contribution < 1.29 is 4.79 Å². The first-order chi connectivity index (χ1) is 15.0. The third-order valence-corrected chi connectivity index (χ3v) is 5.84. The van der Waals surface area contributed by atoms with E-state index in [4.69, 9.17) is 0 Å². The Labute approximate surface area is 185 Å². The minimum absolute atomic E-state index is 0.0223. The summed E-state index contributed by atoms with van der Waals surface area (Å²) in [7, 11) is 0. The summed E-state index contributed by atoms with van der Waals surface area (Å²) in [5, 5.41) is 3.78. The van der Waals surface area contributed by atoms with Gasteiger partial charge in [-0.05, 0) is 49.8 Å². The van der Waals surface area contributed by atoms with Crippen LogP contribution in [0.4, 0.5) is 0 Å². The lowest BCUT2D eigenvalue weighted by molar-refractivity contribution is -0.121. The Bertz CT molecular complexity index is 1160. The van der Waals surface area contributed by atoms with Gasteiger partial charge in [0.05, 0.1) is 11.0 Å². The largest absolute Gasteiger partial charge is 0.352 e. The SMILES string of the molecule is CSc1nc(C)c(CCC(=O)NCc2ccc(-c3nc4ccccc4[nH]3)cc2)c(C)n1. The number of para-hydroxylation sites is 2. The second kappa shape index (κ2) is 9.31. The maximum Gasteiger partial charge on any atom is 0.220 e. The number of amides is 1. The van der Waals surface area contributed by atoms with Gasteiger partial charge in [-0.2, -0.15) is 0 Å². The second-order valence-corrected chi connectivity index (χ2v) is 8.21. The molecule has 2 heterocycles. The third kappa shape index (κ3) is 4.94. The highest BCUT2D eigenvalue weighted by Gasteiger charge is 2.11. The molecule has 31 heavy (non-hydrogen) atoms. The van der Waals surface area contributed by atoms with Crippen molar-refractivity contribution in [3.8, 4) is 11.4 Å². The Hall–Kier alpha value is -3.19. The highest BCUT2D eigenvalue weighted by molar-refractivity contribution is 7.98. The molecular formula is C24H25N5OS. The number of nitrogens with zero attached hydrogens (tertiary/aromatic N) is 3. The standard InChI is InChI=1S/C24H25N5OS/c1-15-19(16(2)27-24(26-15)31-3)12-13-22(30)25-14-17-8-10-18(11-9-17)23-28-20-6-4-5-7-21(20)29-23/h4-11H,12-14H2,1-3H3,(H,25,30)(H,28,29). The van der Waals surface area contributed by atoms with Gasteiger partial charge in [0.15, 0.2) is 5.16 Å². The summed E-state index contributed by atoms with van der Waals surface area (Å²) in [6.45, 7) is 4.45. The summed E-state index contributed by atoms with van der Waals surface area (Å²) in [5.74, 6) is 0.867. The molecule has 0 fully saturated rings. The van der Waals surface area contributed by atoms with Crippen LogP contribution in [0, 0.1) is 13.8 Å². The quantitative estimate of drug-likeness (QED) is 0.330. The zero-order chi connectivity index (χ0) is 21.8. The number of aromatic amines is 1. The normalized spacial score (nSPS) is 11.1. The molecule has 0 spiro atoms. The molecule has 0 atom stereocenters. The van der Waals surface area contributed by atoms with Gasteiger partial charge < -0.3 is 10.3 Å². The van der Waals surface area contributed by atoms with E-state index < -0.39 is 0 Å². The number of hydrogen-bond acceptors (Lipinski definition) is 5. The van der Waals surface area contributed by atoms with E-state index >= 15 is 0 Å². The molecule has 0 saturated heterocycles. The van der Waals surface area contributed by atoms with Crippen LogP contribution in [0.5, 0.6) is 0 Å². The zero-order valence-electron chi connectivity index (χ0n) is 17.9. The van der Waals surface area contributed by atoms with E-state index in [1.165, 1.54) is 11.8 Å². The van der Waals surface area contributed by atoms with Gasteiger partial charge in [-0.25, -0.2) is 15.0 Å². The Morgan fingerprint density at radius 1 is 1.00 bits per heavy atom. The van der Waals surface area contributed by atoms with Gasteiger partial charge in [0.2, 0.25) is 5.91 Å². The molecular weight excluding hydrogens is 406 g/mol.